The molecule has 14 heteroatoms. The lowest BCUT2D eigenvalue weighted by Crippen LogP contribution is -2.65. The molecular formula is C63H107NO13. The molecule has 2 fully saturated rings. The van der Waals surface area contributed by atoms with E-state index in [1.807, 2.05) is 6.08 Å². The van der Waals surface area contributed by atoms with Crippen LogP contribution in [0.25, 0.3) is 0 Å². The molecule has 14 nitrogen and oxygen atoms in total. The highest BCUT2D eigenvalue weighted by Gasteiger charge is 2.51. The van der Waals surface area contributed by atoms with E-state index in [4.69, 9.17) is 18.9 Å². The zero-order valence-electron chi connectivity index (χ0n) is 47.4. The fraction of sp³-hybridized carbons (Fsp3) is 0.730. The van der Waals surface area contributed by atoms with Gasteiger partial charge in [-0.15, -0.1) is 0 Å². The van der Waals surface area contributed by atoms with Crippen LogP contribution in [0.4, 0.5) is 0 Å². The van der Waals surface area contributed by atoms with Crippen LogP contribution in [0.15, 0.2) is 97.2 Å². The van der Waals surface area contributed by atoms with Crippen LogP contribution >= 0.6 is 0 Å². The first-order valence-corrected chi connectivity index (χ1v) is 30.0. The molecule has 0 aromatic heterocycles. The Balaban J connectivity index is 1.76. The van der Waals surface area contributed by atoms with Gasteiger partial charge in [-0.3, -0.25) is 4.79 Å². The van der Waals surface area contributed by atoms with Crippen molar-refractivity contribution in [2.45, 2.75) is 274 Å². The van der Waals surface area contributed by atoms with E-state index in [1.54, 1.807) is 6.08 Å². The summed E-state index contributed by atoms with van der Waals surface area (Å²) in [6, 6.07) is -0.942. The van der Waals surface area contributed by atoms with Crippen LogP contribution in [0.1, 0.15) is 200 Å². The number of carbonyl (C=O) groups excluding carboxylic acids is 1. The monoisotopic (exact) mass is 1090 g/mol. The van der Waals surface area contributed by atoms with Crippen LogP contribution in [0.3, 0.4) is 0 Å². The Kier molecular flexibility index (Phi) is 43.4. The molecule has 442 valence electrons. The van der Waals surface area contributed by atoms with E-state index in [9.17, 15) is 45.6 Å². The van der Waals surface area contributed by atoms with Crippen LogP contribution in [-0.4, -0.2) is 140 Å². The highest BCUT2D eigenvalue weighted by Crippen LogP contribution is 2.30. The predicted octanol–water partition coefficient (Wildman–Crippen LogP) is 10.3. The third kappa shape index (κ3) is 33.3. The number of aliphatic hydroxyl groups excluding tert-OH is 8. The summed E-state index contributed by atoms with van der Waals surface area (Å²) in [4.78, 5) is 13.3. The molecule has 2 rings (SSSR count). The molecule has 9 N–H and O–H groups in total. The first kappa shape index (κ1) is 70.0. The van der Waals surface area contributed by atoms with Gasteiger partial charge in [-0.25, -0.2) is 0 Å². The summed E-state index contributed by atoms with van der Waals surface area (Å²) < 4.78 is 22.7. The van der Waals surface area contributed by atoms with Gasteiger partial charge >= 0.3 is 0 Å². The Bertz CT molecular complexity index is 1660. The molecule has 0 aliphatic carbocycles. The normalized spacial score (nSPS) is 25.4. The molecule has 0 aromatic rings. The van der Waals surface area contributed by atoms with Gasteiger partial charge in [0.15, 0.2) is 12.6 Å². The van der Waals surface area contributed by atoms with Crippen molar-refractivity contribution in [1.82, 2.24) is 5.32 Å². The minimum atomic E-state index is -1.80. The summed E-state index contributed by atoms with van der Waals surface area (Å²) in [5, 5.41) is 87.1. The van der Waals surface area contributed by atoms with Crippen LogP contribution in [0.2, 0.25) is 0 Å². The zero-order chi connectivity index (χ0) is 56.0. The molecule has 77 heavy (non-hydrogen) atoms. The number of ether oxygens (including phenoxy) is 4. The largest absolute Gasteiger partial charge is 0.394 e. The first-order valence-electron chi connectivity index (χ1n) is 30.0. The zero-order valence-corrected chi connectivity index (χ0v) is 47.4. The van der Waals surface area contributed by atoms with E-state index in [2.05, 4.69) is 104 Å². The van der Waals surface area contributed by atoms with Gasteiger partial charge in [-0.1, -0.05) is 207 Å². The van der Waals surface area contributed by atoms with E-state index in [-0.39, 0.29) is 18.9 Å². The standard InChI is InChI=1S/C63H107NO13/c1-3-5-7-9-11-13-15-17-19-21-22-23-24-25-26-27-28-29-30-31-33-35-37-39-41-43-45-47-55(68)64-51(52(67)46-44-42-40-38-36-34-32-20-18-16-14-12-10-8-6-4-2)50-74-62-60(73)58(71)61(54(49-66)76-62)77-63-59(72)57(70)56(69)53(48-65)75-63/h5,7,11,13,17,19,22-23,25-26,28-29,36,38,44,46,51-54,56-63,65-67,69-73H,3-4,6,8-10,12,14-16,18,20-21,24,27,30-35,37,39-43,45,47-50H2,1-2H3,(H,64,68)/b7-5-,13-11-,19-17-,23-22-,26-25-,29-28-,38-36+,46-44+. The van der Waals surface area contributed by atoms with Gasteiger partial charge in [-0.2, -0.15) is 0 Å². The minimum Gasteiger partial charge on any atom is -0.394 e. The molecule has 2 heterocycles. The van der Waals surface area contributed by atoms with E-state index >= 15 is 0 Å². The molecule has 0 aromatic carbocycles. The van der Waals surface area contributed by atoms with E-state index in [0.29, 0.717) is 12.8 Å². The molecule has 0 radical (unpaired) electrons. The number of rotatable bonds is 46. The van der Waals surface area contributed by atoms with Crippen molar-refractivity contribution in [3.63, 3.8) is 0 Å². The Labute approximate surface area is 464 Å². The van der Waals surface area contributed by atoms with Crippen molar-refractivity contribution in [2.75, 3.05) is 19.8 Å². The molecule has 0 bridgehead atoms. The number of nitrogens with one attached hydrogen (secondary N) is 1. The lowest BCUT2D eigenvalue weighted by molar-refractivity contribution is -0.359. The van der Waals surface area contributed by atoms with E-state index < -0.39 is 86.8 Å². The molecule has 2 aliphatic heterocycles. The third-order valence-electron chi connectivity index (χ3n) is 14.0. The van der Waals surface area contributed by atoms with Crippen LogP contribution in [0, 0.1) is 0 Å². The van der Waals surface area contributed by atoms with Gasteiger partial charge < -0.3 is 65.1 Å². The summed E-state index contributed by atoms with van der Waals surface area (Å²) >= 11 is 0. The minimum absolute atomic E-state index is 0.257. The number of hydrogen-bond acceptors (Lipinski definition) is 13. The maximum absolute atomic E-state index is 13.3. The number of amides is 1. The summed E-state index contributed by atoms with van der Waals surface area (Å²) in [5.74, 6) is -0.262. The van der Waals surface area contributed by atoms with Crippen molar-refractivity contribution in [3.8, 4) is 0 Å². The van der Waals surface area contributed by atoms with E-state index in [1.165, 1.54) is 83.5 Å². The van der Waals surface area contributed by atoms with Gasteiger partial charge in [0, 0.05) is 6.42 Å². The lowest BCUT2D eigenvalue weighted by atomic mass is 9.97. The Morgan fingerprint density at radius 1 is 0.481 bits per heavy atom. The maximum atomic E-state index is 13.3. The van der Waals surface area contributed by atoms with Gasteiger partial charge in [0.1, 0.15) is 48.8 Å². The van der Waals surface area contributed by atoms with Gasteiger partial charge in [0.2, 0.25) is 5.91 Å². The van der Waals surface area contributed by atoms with Gasteiger partial charge in [-0.05, 0) is 83.5 Å². The summed E-state index contributed by atoms with van der Waals surface area (Å²) in [6.45, 7) is 2.64. The number of hydrogen-bond donors (Lipinski definition) is 9. The molecule has 0 saturated carbocycles. The molecular weight excluding hydrogens is 979 g/mol. The van der Waals surface area contributed by atoms with Crippen molar-refractivity contribution < 1.29 is 64.6 Å². The lowest BCUT2D eigenvalue weighted by Gasteiger charge is -2.46. The fourth-order valence-corrected chi connectivity index (χ4v) is 9.19. The highest BCUT2D eigenvalue weighted by atomic mass is 16.7. The summed E-state index contributed by atoms with van der Waals surface area (Å²) in [6.07, 6.45) is 48.7. The molecule has 2 saturated heterocycles. The van der Waals surface area contributed by atoms with Gasteiger partial charge in [0.05, 0.1) is 32.0 Å². The molecule has 0 spiro atoms. The number of unbranched alkanes of at least 4 members (excludes halogenated alkanes) is 19. The van der Waals surface area contributed by atoms with Crippen molar-refractivity contribution in [2.24, 2.45) is 0 Å². The Morgan fingerprint density at radius 3 is 1.43 bits per heavy atom. The molecule has 1 amide bonds. The Morgan fingerprint density at radius 2 is 0.909 bits per heavy atom. The molecule has 2 aliphatic rings. The second kappa shape index (κ2) is 47.7. The highest BCUT2D eigenvalue weighted by molar-refractivity contribution is 5.76. The average molecular weight is 1090 g/mol. The topological polar surface area (TPSA) is 228 Å². The third-order valence-corrected chi connectivity index (χ3v) is 14.0. The second-order valence-corrected chi connectivity index (χ2v) is 20.7. The summed E-state index contributed by atoms with van der Waals surface area (Å²) in [7, 11) is 0. The average Bonchev–Trinajstić information content (AvgIpc) is 3.43. The van der Waals surface area contributed by atoms with E-state index in [0.717, 1.165) is 83.5 Å². The van der Waals surface area contributed by atoms with Crippen LogP contribution in [-0.2, 0) is 23.7 Å². The van der Waals surface area contributed by atoms with Crippen molar-refractivity contribution in [3.05, 3.63) is 97.2 Å². The molecule has 12 atom stereocenters. The first-order chi connectivity index (χ1) is 37.6. The van der Waals surface area contributed by atoms with Crippen LogP contribution < -0.4 is 5.32 Å². The fourth-order valence-electron chi connectivity index (χ4n) is 9.19. The second-order valence-electron chi connectivity index (χ2n) is 20.7. The predicted molar refractivity (Wildman–Crippen MR) is 309 cm³/mol. The van der Waals surface area contributed by atoms with Crippen molar-refractivity contribution in [1.29, 1.82) is 0 Å². The summed E-state index contributed by atoms with van der Waals surface area (Å²) in [5.41, 5.74) is 0. The molecule has 12 unspecified atom stereocenters. The SMILES string of the molecule is CC/C=C\C/C=C\C/C=C\C/C=C\C/C=C\C/C=C\CCCCCCCCCCC(=O)NC(COC1OC(CO)C(OC2OC(CO)C(O)C(O)C2O)C(O)C1O)C(O)/C=C/CC/C=C/CCCCCCCCCCCC. The smallest absolute Gasteiger partial charge is 0.220 e. The van der Waals surface area contributed by atoms with Crippen LogP contribution in [0.5, 0.6) is 0 Å². The number of aliphatic hydroxyl groups is 8. The maximum Gasteiger partial charge on any atom is 0.220 e. The Hall–Kier alpha value is -3.09. The number of carbonyl (C=O) groups is 1. The number of allylic oxidation sites excluding steroid dienone is 15. The van der Waals surface area contributed by atoms with Gasteiger partial charge in [0.25, 0.3) is 0 Å². The van der Waals surface area contributed by atoms with Crippen molar-refractivity contribution >= 4 is 5.91 Å². The quantitative estimate of drug-likeness (QED) is 0.0205.